The van der Waals surface area contributed by atoms with Gasteiger partial charge in [0.1, 0.15) is 0 Å². The van der Waals surface area contributed by atoms with Crippen molar-refractivity contribution in [1.29, 1.82) is 0 Å². The number of hydrogen-bond acceptors (Lipinski definition) is 4. The van der Waals surface area contributed by atoms with Crippen LogP contribution in [0.4, 0.5) is 4.79 Å². The van der Waals surface area contributed by atoms with Crippen LogP contribution in [-0.2, 0) is 9.53 Å². The summed E-state index contributed by atoms with van der Waals surface area (Å²) in [5, 5.41) is 18.4. The Labute approximate surface area is 112 Å². The molecule has 2 unspecified atom stereocenters. The zero-order chi connectivity index (χ0) is 14.4. The second-order valence-electron chi connectivity index (χ2n) is 4.86. The van der Waals surface area contributed by atoms with Gasteiger partial charge in [-0.05, 0) is 12.8 Å². The Balaban J connectivity index is 2.52. The summed E-state index contributed by atoms with van der Waals surface area (Å²) >= 11 is 0. The third kappa shape index (κ3) is 4.68. The molecular weight excluding hydrogens is 252 g/mol. The molecule has 2 N–H and O–H groups in total. The van der Waals surface area contributed by atoms with E-state index in [1.165, 1.54) is 12.0 Å². The monoisotopic (exact) mass is 274 g/mol. The van der Waals surface area contributed by atoms with Gasteiger partial charge in [0, 0.05) is 26.7 Å². The maximum Gasteiger partial charge on any atom is 0.320 e. The molecule has 0 saturated carbocycles. The van der Waals surface area contributed by atoms with Gasteiger partial charge in [0.15, 0.2) is 0 Å². The van der Waals surface area contributed by atoms with Gasteiger partial charge in [-0.3, -0.25) is 4.79 Å². The van der Waals surface area contributed by atoms with Gasteiger partial charge in [-0.15, -0.1) is 0 Å². The van der Waals surface area contributed by atoms with Crippen LogP contribution in [0, 0.1) is 0 Å². The third-order valence-corrected chi connectivity index (χ3v) is 3.20. The number of urea groups is 1. The number of hydrogen-bond donors (Lipinski definition) is 2. The zero-order valence-electron chi connectivity index (χ0n) is 11.4. The number of likely N-dealkylation sites (tertiary alicyclic amines) is 1. The molecule has 19 heavy (non-hydrogen) atoms. The molecule has 7 nitrogen and oxygen atoms in total. The predicted molar refractivity (Wildman–Crippen MR) is 67.9 cm³/mol. The molecule has 0 bridgehead atoms. The van der Waals surface area contributed by atoms with E-state index in [0.29, 0.717) is 13.0 Å². The minimum Gasteiger partial charge on any atom is -0.481 e. The Bertz CT molecular complexity index is 323. The van der Waals surface area contributed by atoms with E-state index in [-0.39, 0.29) is 31.6 Å². The summed E-state index contributed by atoms with van der Waals surface area (Å²) in [4.78, 5) is 25.9. The molecule has 1 saturated heterocycles. The molecule has 0 aromatic carbocycles. The number of amides is 2. The molecule has 2 atom stereocenters. The molecule has 0 aliphatic carbocycles. The number of carbonyl (C=O) groups excluding carboxylic acids is 1. The summed E-state index contributed by atoms with van der Waals surface area (Å²) in [5.74, 6) is -0.897. The molecule has 1 rings (SSSR count). The first kappa shape index (κ1) is 15.7. The fraction of sp³-hybridized carbons (Fsp3) is 0.833. The summed E-state index contributed by atoms with van der Waals surface area (Å²) in [5.41, 5.74) is 0. The largest absolute Gasteiger partial charge is 0.481 e. The lowest BCUT2D eigenvalue weighted by molar-refractivity contribution is -0.138. The van der Waals surface area contributed by atoms with Crippen LogP contribution in [0.3, 0.4) is 0 Å². The fourth-order valence-electron chi connectivity index (χ4n) is 2.36. The van der Waals surface area contributed by atoms with Crippen LogP contribution in [0.5, 0.6) is 0 Å². The number of methoxy groups -OCH3 is 1. The van der Waals surface area contributed by atoms with E-state index < -0.39 is 12.1 Å². The smallest absolute Gasteiger partial charge is 0.320 e. The summed E-state index contributed by atoms with van der Waals surface area (Å²) in [6.45, 7) is 0.903. The molecule has 1 aliphatic rings. The van der Waals surface area contributed by atoms with Crippen molar-refractivity contribution in [3.05, 3.63) is 0 Å². The first-order valence-corrected chi connectivity index (χ1v) is 6.36. The van der Waals surface area contributed by atoms with Gasteiger partial charge in [-0.1, -0.05) is 0 Å². The highest BCUT2D eigenvalue weighted by molar-refractivity contribution is 5.76. The first-order chi connectivity index (χ1) is 8.95. The molecule has 2 amide bonds. The number of ether oxygens (including phenoxy) is 1. The second-order valence-corrected chi connectivity index (χ2v) is 4.86. The topological polar surface area (TPSA) is 90.3 Å². The van der Waals surface area contributed by atoms with Gasteiger partial charge in [-0.2, -0.15) is 0 Å². The molecule has 0 spiro atoms. The normalized spacial score (nSPS) is 20.4. The van der Waals surface area contributed by atoms with E-state index in [9.17, 15) is 14.7 Å². The standard InChI is InChI=1S/C12H22N2O5/c1-13(7-10(15)8-19-2)12(18)14-5-3-4-9(14)6-11(16)17/h9-10,15H,3-8H2,1-2H3,(H,16,17). The number of aliphatic hydroxyl groups is 1. The average Bonchev–Trinajstić information content (AvgIpc) is 2.75. The number of aliphatic hydroxyl groups excluding tert-OH is 1. The number of likely N-dealkylation sites (N-methyl/N-ethyl adjacent to an activating group) is 1. The highest BCUT2D eigenvalue weighted by Crippen LogP contribution is 2.21. The third-order valence-electron chi connectivity index (χ3n) is 3.20. The maximum atomic E-state index is 12.2. The first-order valence-electron chi connectivity index (χ1n) is 6.36. The number of aliphatic carboxylic acids is 1. The Morgan fingerprint density at radius 2 is 2.21 bits per heavy atom. The van der Waals surface area contributed by atoms with E-state index in [0.717, 1.165) is 6.42 Å². The van der Waals surface area contributed by atoms with Crippen molar-refractivity contribution in [2.24, 2.45) is 0 Å². The SMILES string of the molecule is COCC(O)CN(C)C(=O)N1CCCC1CC(=O)O. The molecule has 1 heterocycles. The molecule has 0 aromatic rings. The molecule has 7 heteroatoms. The van der Waals surface area contributed by atoms with Crippen LogP contribution < -0.4 is 0 Å². The highest BCUT2D eigenvalue weighted by atomic mass is 16.5. The number of carbonyl (C=O) groups is 2. The number of carboxylic acid groups (broad SMARTS) is 1. The fourth-order valence-corrected chi connectivity index (χ4v) is 2.36. The Kier molecular flexibility index (Phi) is 6.04. The van der Waals surface area contributed by atoms with Gasteiger partial charge in [0.25, 0.3) is 0 Å². The number of nitrogens with zero attached hydrogens (tertiary/aromatic N) is 2. The van der Waals surface area contributed by atoms with Crippen LogP contribution in [0.25, 0.3) is 0 Å². The zero-order valence-corrected chi connectivity index (χ0v) is 11.4. The Morgan fingerprint density at radius 1 is 1.53 bits per heavy atom. The lowest BCUT2D eigenvalue weighted by atomic mass is 10.1. The molecule has 0 aromatic heterocycles. The highest BCUT2D eigenvalue weighted by Gasteiger charge is 2.32. The van der Waals surface area contributed by atoms with Gasteiger partial charge in [0.05, 0.1) is 25.7 Å². The maximum absolute atomic E-state index is 12.2. The lowest BCUT2D eigenvalue weighted by Crippen LogP contribution is -2.47. The van der Waals surface area contributed by atoms with Crippen molar-refractivity contribution in [2.45, 2.75) is 31.4 Å². The van der Waals surface area contributed by atoms with Gasteiger partial charge < -0.3 is 24.7 Å². The van der Waals surface area contributed by atoms with Crippen molar-refractivity contribution in [3.63, 3.8) is 0 Å². The van der Waals surface area contributed by atoms with Crippen molar-refractivity contribution >= 4 is 12.0 Å². The summed E-state index contributed by atoms with van der Waals surface area (Å²) < 4.78 is 4.80. The van der Waals surface area contributed by atoms with Crippen LogP contribution >= 0.6 is 0 Å². The Morgan fingerprint density at radius 3 is 2.79 bits per heavy atom. The number of rotatable bonds is 6. The van der Waals surface area contributed by atoms with Gasteiger partial charge in [-0.25, -0.2) is 4.79 Å². The second kappa shape index (κ2) is 7.30. The van der Waals surface area contributed by atoms with Crippen LogP contribution in [0.1, 0.15) is 19.3 Å². The van der Waals surface area contributed by atoms with Gasteiger partial charge in [0.2, 0.25) is 0 Å². The molecule has 110 valence electrons. The molecular formula is C12H22N2O5. The summed E-state index contributed by atoms with van der Waals surface area (Å²) in [6.07, 6.45) is 0.768. The van der Waals surface area contributed by atoms with Crippen LogP contribution in [0.2, 0.25) is 0 Å². The minimum atomic E-state index is -0.897. The van der Waals surface area contributed by atoms with Crippen molar-refractivity contribution in [3.8, 4) is 0 Å². The predicted octanol–water partition coefficient (Wildman–Crippen LogP) is -0.0154. The minimum absolute atomic E-state index is 0.0276. The summed E-state index contributed by atoms with van der Waals surface area (Å²) in [6, 6.07) is -0.481. The Hall–Kier alpha value is -1.34. The van der Waals surface area contributed by atoms with Crippen molar-refractivity contribution in [2.75, 3.05) is 33.9 Å². The summed E-state index contributed by atoms with van der Waals surface area (Å²) in [7, 11) is 3.08. The van der Waals surface area contributed by atoms with E-state index in [1.54, 1.807) is 11.9 Å². The van der Waals surface area contributed by atoms with E-state index in [1.807, 2.05) is 0 Å². The number of carboxylic acids is 1. The van der Waals surface area contributed by atoms with E-state index >= 15 is 0 Å². The lowest BCUT2D eigenvalue weighted by Gasteiger charge is -2.30. The van der Waals surface area contributed by atoms with E-state index in [2.05, 4.69) is 0 Å². The molecule has 1 aliphatic heterocycles. The van der Waals surface area contributed by atoms with Crippen LogP contribution in [-0.4, -0.2) is 78.0 Å². The van der Waals surface area contributed by atoms with Crippen molar-refractivity contribution in [1.82, 2.24) is 9.80 Å². The van der Waals surface area contributed by atoms with E-state index in [4.69, 9.17) is 9.84 Å². The van der Waals surface area contributed by atoms with Gasteiger partial charge >= 0.3 is 12.0 Å². The molecule has 1 fully saturated rings. The quantitative estimate of drug-likeness (QED) is 0.710. The van der Waals surface area contributed by atoms with Crippen molar-refractivity contribution < 1.29 is 24.5 Å². The molecule has 0 radical (unpaired) electrons. The van der Waals surface area contributed by atoms with Crippen LogP contribution in [0.15, 0.2) is 0 Å². The average molecular weight is 274 g/mol.